The van der Waals surface area contributed by atoms with Crippen molar-refractivity contribution in [1.82, 2.24) is 4.72 Å². The van der Waals surface area contributed by atoms with Gasteiger partial charge >= 0.3 is 0 Å². The zero-order valence-corrected chi connectivity index (χ0v) is 13.0. The zero-order chi connectivity index (χ0) is 14.8. The van der Waals surface area contributed by atoms with Gasteiger partial charge in [0.25, 0.3) is 0 Å². The maximum Gasteiger partial charge on any atom is 0.240 e. The van der Waals surface area contributed by atoms with Crippen molar-refractivity contribution in [2.45, 2.75) is 50.5 Å². The van der Waals surface area contributed by atoms with Gasteiger partial charge in [-0.1, -0.05) is 19.9 Å². The van der Waals surface area contributed by atoms with E-state index in [9.17, 15) is 8.42 Å². The van der Waals surface area contributed by atoms with E-state index in [1.165, 1.54) is 5.56 Å². The number of aryl methyl sites for hydroxylation is 2. The average Bonchev–Trinajstić information content (AvgIpc) is 3.28. The van der Waals surface area contributed by atoms with E-state index in [1.807, 2.05) is 13.0 Å². The van der Waals surface area contributed by atoms with Crippen LogP contribution in [0.3, 0.4) is 0 Å². The van der Waals surface area contributed by atoms with E-state index in [0.29, 0.717) is 17.4 Å². The molecular weight excluding hydrogens is 272 g/mol. The quantitative estimate of drug-likeness (QED) is 0.806. The van der Waals surface area contributed by atoms with Gasteiger partial charge in [-0.2, -0.15) is 0 Å². The smallest absolute Gasteiger partial charge is 0.240 e. The van der Waals surface area contributed by atoms with Crippen molar-refractivity contribution in [2.24, 2.45) is 11.7 Å². The maximum absolute atomic E-state index is 12.3. The van der Waals surface area contributed by atoms with Crippen LogP contribution in [0.4, 0.5) is 0 Å². The predicted molar refractivity (Wildman–Crippen MR) is 81.1 cm³/mol. The van der Waals surface area contributed by atoms with Gasteiger partial charge in [0.15, 0.2) is 0 Å². The summed E-state index contributed by atoms with van der Waals surface area (Å²) in [6.45, 7) is 4.45. The Hall–Kier alpha value is -0.910. The van der Waals surface area contributed by atoms with Gasteiger partial charge in [0.2, 0.25) is 10.0 Å². The second-order valence-electron chi connectivity index (χ2n) is 5.49. The Morgan fingerprint density at radius 1 is 1.25 bits per heavy atom. The molecular formula is C15H24N2O2S. The van der Waals surface area contributed by atoms with Crippen LogP contribution in [-0.4, -0.2) is 21.0 Å². The molecule has 3 N–H and O–H groups in total. The van der Waals surface area contributed by atoms with Gasteiger partial charge in [0.05, 0.1) is 4.90 Å². The molecule has 1 fully saturated rings. The number of nitrogens with two attached hydrogens (primary N) is 1. The first-order valence-electron chi connectivity index (χ1n) is 7.35. The van der Waals surface area contributed by atoms with E-state index >= 15 is 0 Å². The summed E-state index contributed by atoms with van der Waals surface area (Å²) in [5, 5.41) is 0. The SMILES string of the molecule is CCc1ccc(S(=O)(=O)NCC(N)C2CC2)cc1CC. The molecule has 112 valence electrons. The maximum atomic E-state index is 12.3. The second-order valence-corrected chi connectivity index (χ2v) is 7.26. The summed E-state index contributed by atoms with van der Waals surface area (Å²) in [4.78, 5) is 0.342. The van der Waals surface area contributed by atoms with Crippen LogP contribution in [0.5, 0.6) is 0 Å². The van der Waals surface area contributed by atoms with Gasteiger partial charge < -0.3 is 5.73 Å². The molecule has 0 amide bonds. The summed E-state index contributed by atoms with van der Waals surface area (Å²) in [5.41, 5.74) is 8.25. The number of hydrogen-bond acceptors (Lipinski definition) is 3. The lowest BCUT2D eigenvalue weighted by molar-refractivity contribution is 0.547. The summed E-state index contributed by atoms with van der Waals surface area (Å²) in [5.74, 6) is 0.492. The molecule has 0 radical (unpaired) electrons. The molecule has 0 heterocycles. The highest BCUT2D eigenvalue weighted by Crippen LogP contribution is 2.31. The fourth-order valence-corrected chi connectivity index (χ4v) is 3.55. The van der Waals surface area contributed by atoms with E-state index in [0.717, 1.165) is 31.2 Å². The summed E-state index contributed by atoms with van der Waals surface area (Å²) >= 11 is 0. The molecule has 1 aromatic rings. The van der Waals surface area contributed by atoms with Crippen LogP contribution >= 0.6 is 0 Å². The molecule has 1 atom stereocenters. The third kappa shape index (κ3) is 3.59. The van der Waals surface area contributed by atoms with Crippen molar-refractivity contribution in [2.75, 3.05) is 6.54 Å². The first-order valence-corrected chi connectivity index (χ1v) is 8.83. The number of nitrogens with one attached hydrogen (secondary N) is 1. The Balaban J connectivity index is 2.11. The molecule has 20 heavy (non-hydrogen) atoms. The van der Waals surface area contributed by atoms with Crippen LogP contribution in [0.1, 0.15) is 37.8 Å². The van der Waals surface area contributed by atoms with Crippen LogP contribution in [0.15, 0.2) is 23.1 Å². The van der Waals surface area contributed by atoms with E-state index in [2.05, 4.69) is 11.6 Å². The van der Waals surface area contributed by atoms with Gasteiger partial charge in [-0.25, -0.2) is 13.1 Å². The molecule has 0 bridgehead atoms. The summed E-state index contributed by atoms with van der Waals surface area (Å²) < 4.78 is 27.2. The lowest BCUT2D eigenvalue weighted by atomic mass is 10.0. The Kier molecular flexibility index (Phi) is 4.83. The molecule has 0 spiro atoms. The standard InChI is InChI=1S/C15H24N2O2S/c1-3-11-7-8-14(9-12(11)4-2)20(18,19)17-10-15(16)13-5-6-13/h7-9,13,15,17H,3-6,10,16H2,1-2H3. The number of benzene rings is 1. The van der Waals surface area contributed by atoms with E-state index in [1.54, 1.807) is 12.1 Å². The average molecular weight is 296 g/mol. The molecule has 1 aromatic carbocycles. The van der Waals surface area contributed by atoms with Gasteiger partial charge in [-0.15, -0.1) is 0 Å². The minimum absolute atomic E-state index is 0.0645. The monoisotopic (exact) mass is 296 g/mol. The van der Waals surface area contributed by atoms with Crippen LogP contribution in [0.2, 0.25) is 0 Å². The first kappa shape index (κ1) is 15.5. The molecule has 0 aliphatic heterocycles. The molecule has 0 saturated heterocycles. The normalized spacial score (nSPS) is 17.1. The van der Waals surface area contributed by atoms with Crippen molar-refractivity contribution >= 4 is 10.0 Å². The summed E-state index contributed by atoms with van der Waals surface area (Å²) in [7, 11) is -3.45. The Morgan fingerprint density at radius 2 is 1.90 bits per heavy atom. The summed E-state index contributed by atoms with van der Waals surface area (Å²) in [6, 6.07) is 5.31. The lowest BCUT2D eigenvalue weighted by Crippen LogP contribution is -2.38. The number of sulfonamides is 1. The van der Waals surface area contributed by atoms with E-state index in [-0.39, 0.29) is 6.04 Å². The number of rotatable bonds is 7. The van der Waals surface area contributed by atoms with Gasteiger partial charge in [0, 0.05) is 12.6 Å². The van der Waals surface area contributed by atoms with Gasteiger partial charge in [0.1, 0.15) is 0 Å². The topological polar surface area (TPSA) is 72.2 Å². The zero-order valence-electron chi connectivity index (χ0n) is 12.2. The fraction of sp³-hybridized carbons (Fsp3) is 0.600. The minimum atomic E-state index is -3.45. The van der Waals surface area contributed by atoms with Crippen molar-refractivity contribution < 1.29 is 8.42 Å². The predicted octanol–water partition coefficient (Wildman–Crippen LogP) is 1.83. The van der Waals surface area contributed by atoms with Crippen molar-refractivity contribution in [3.8, 4) is 0 Å². The molecule has 0 aromatic heterocycles. The van der Waals surface area contributed by atoms with E-state index < -0.39 is 10.0 Å². The van der Waals surface area contributed by atoms with Crippen molar-refractivity contribution in [1.29, 1.82) is 0 Å². The van der Waals surface area contributed by atoms with Crippen LogP contribution in [-0.2, 0) is 22.9 Å². The Bertz CT molecular complexity index is 565. The van der Waals surface area contributed by atoms with E-state index in [4.69, 9.17) is 5.73 Å². The second kappa shape index (κ2) is 6.24. The third-order valence-electron chi connectivity index (χ3n) is 3.99. The molecule has 1 unspecified atom stereocenters. The molecule has 5 heteroatoms. The van der Waals surface area contributed by atoms with Crippen molar-refractivity contribution in [3.63, 3.8) is 0 Å². The highest BCUT2D eigenvalue weighted by molar-refractivity contribution is 7.89. The molecule has 1 aliphatic carbocycles. The summed E-state index contributed by atoms with van der Waals surface area (Å²) in [6.07, 6.45) is 4.00. The first-order chi connectivity index (χ1) is 9.47. The van der Waals surface area contributed by atoms with Gasteiger partial charge in [-0.05, 0) is 54.9 Å². The van der Waals surface area contributed by atoms with Crippen molar-refractivity contribution in [3.05, 3.63) is 29.3 Å². The Morgan fingerprint density at radius 3 is 2.45 bits per heavy atom. The van der Waals surface area contributed by atoms with Gasteiger partial charge in [-0.3, -0.25) is 0 Å². The molecule has 2 rings (SSSR count). The number of hydrogen-bond donors (Lipinski definition) is 2. The van der Waals surface area contributed by atoms with Crippen LogP contribution in [0, 0.1) is 5.92 Å². The molecule has 1 saturated carbocycles. The highest BCUT2D eigenvalue weighted by atomic mass is 32.2. The molecule has 1 aliphatic rings. The van der Waals surface area contributed by atoms with Crippen LogP contribution < -0.4 is 10.5 Å². The minimum Gasteiger partial charge on any atom is -0.326 e. The fourth-order valence-electron chi connectivity index (χ4n) is 2.42. The Labute approximate surface area is 121 Å². The third-order valence-corrected chi connectivity index (χ3v) is 5.41. The largest absolute Gasteiger partial charge is 0.326 e. The molecule has 4 nitrogen and oxygen atoms in total. The van der Waals surface area contributed by atoms with Crippen LogP contribution in [0.25, 0.3) is 0 Å². The lowest BCUT2D eigenvalue weighted by Gasteiger charge is -2.13. The highest BCUT2D eigenvalue weighted by Gasteiger charge is 2.29.